The largest absolute Gasteiger partial charge is 0.263 e. The summed E-state index contributed by atoms with van der Waals surface area (Å²) in [5.74, 6) is 0.216. The number of benzene rings is 1. The minimum atomic E-state index is -0.247. The number of hydrogen-bond acceptors (Lipinski definition) is 1. The highest BCUT2D eigenvalue weighted by atomic mass is 35.5. The Labute approximate surface area is 116 Å². The van der Waals surface area contributed by atoms with E-state index in [0.29, 0.717) is 17.3 Å². The second-order valence-electron chi connectivity index (χ2n) is 4.08. The molecule has 0 N–H and O–H groups in total. The molecule has 18 heavy (non-hydrogen) atoms. The lowest BCUT2D eigenvalue weighted by atomic mass is 9.94. The van der Waals surface area contributed by atoms with Gasteiger partial charge in [0.1, 0.15) is 5.82 Å². The van der Waals surface area contributed by atoms with E-state index in [0.717, 1.165) is 11.1 Å². The summed E-state index contributed by atoms with van der Waals surface area (Å²) in [6.07, 6.45) is 3.97. The summed E-state index contributed by atoms with van der Waals surface area (Å²) < 4.78 is 13.2. The van der Waals surface area contributed by atoms with E-state index >= 15 is 0 Å². The Bertz CT molecular complexity index is 531. The monoisotopic (exact) mass is 283 g/mol. The standard InChI is InChI=1S/C14H12Cl2FN/c15-8-12(10-2-1-3-13(17)7-10)6-11-4-5-18-9-14(11)16/h1-5,7,9,12H,6,8H2. The van der Waals surface area contributed by atoms with Gasteiger partial charge in [0.25, 0.3) is 0 Å². The minimum absolute atomic E-state index is 0.0438. The Morgan fingerprint density at radius 3 is 2.78 bits per heavy atom. The van der Waals surface area contributed by atoms with Gasteiger partial charge in [-0.1, -0.05) is 23.7 Å². The van der Waals surface area contributed by atoms with Crippen molar-refractivity contribution in [2.45, 2.75) is 12.3 Å². The molecule has 1 aromatic carbocycles. The maximum absolute atomic E-state index is 13.2. The summed E-state index contributed by atoms with van der Waals surface area (Å²) >= 11 is 12.0. The fraction of sp³-hybridized carbons (Fsp3) is 0.214. The normalized spacial score (nSPS) is 12.4. The highest BCUT2D eigenvalue weighted by Crippen LogP contribution is 2.26. The molecule has 1 aromatic heterocycles. The molecule has 2 rings (SSSR count). The Morgan fingerprint density at radius 2 is 2.11 bits per heavy atom. The predicted molar refractivity (Wildman–Crippen MR) is 72.8 cm³/mol. The van der Waals surface area contributed by atoms with Crippen LogP contribution in [0.1, 0.15) is 17.0 Å². The van der Waals surface area contributed by atoms with Gasteiger partial charge in [-0.25, -0.2) is 4.39 Å². The molecule has 0 saturated heterocycles. The zero-order valence-electron chi connectivity index (χ0n) is 9.61. The molecule has 0 aliphatic rings. The number of hydrogen-bond donors (Lipinski definition) is 0. The van der Waals surface area contributed by atoms with E-state index in [-0.39, 0.29) is 11.7 Å². The molecule has 2 aromatic rings. The van der Waals surface area contributed by atoms with Crippen molar-refractivity contribution in [1.29, 1.82) is 0 Å². The zero-order valence-corrected chi connectivity index (χ0v) is 11.1. The highest BCUT2D eigenvalue weighted by molar-refractivity contribution is 6.31. The van der Waals surface area contributed by atoms with Crippen LogP contribution in [-0.4, -0.2) is 10.9 Å². The number of halogens is 3. The average molecular weight is 284 g/mol. The smallest absolute Gasteiger partial charge is 0.123 e. The van der Waals surface area contributed by atoms with Crippen molar-refractivity contribution in [2.75, 3.05) is 5.88 Å². The molecule has 0 aliphatic heterocycles. The van der Waals surface area contributed by atoms with Crippen LogP contribution in [-0.2, 0) is 6.42 Å². The summed E-state index contributed by atoms with van der Waals surface area (Å²) in [4.78, 5) is 3.94. The molecule has 0 bridgehead atoms. The highest BCUT2D eigenvalue weighted by Gasteiger charge is 2.13. The van der Waals surface area contributed by atoms with Crippen LogP contribution in [0.3, 0.4) is 0 Å². The topological polar surface area (TPSA) is 12.9 Å². The molecule has 1 atom stereocenters. The van der Waals surface area contributed by atoms with Gasteiger partial charge in [0.2, 0.25) is 0 Å². The third-order valence-corrected chi connectivity index (χ3v) is 3.54. The molecule has 0 radical (unpaired) electrons. The van der Waals surface area contributed by atoms with Gasteiger partial charge in [0, 0.05) is 24.2 Å². The lowest BCUT2D eigenvalue weighted by Gasteiger charge is -2.15. The van der Waals surface area contributed by atoms with Crippen LogP contribution in [0.25, 0.3) is 0 Å². The van der Waals surface area contributed by atoms with Gasteiger partial charge >= 0.3 is 0 Å². The van der Waals surface area contributed by atoms with Crippen molar-refractivity contribution in [3.63, 3.8) is 0 Å². The predicted octanol–water partition coefficient (Wildman–Crippen LogP) is 4.44. The Morgan fingerprint density at radius 1 is 1.28 bits per heavy atom. The van der Waals surface area contributed by atoms with Crippen LogP contribution in [0.15, 0.2) is 42.7 Å². The fourth-order valence-corrected chi connectivity index (χ4v) is 2.34. The van der Waals surface area contributed by atoms with Crippen molar-refractivity contribution < 1.29 is 4.39 Å². The molecule has 0 spiro atoms. The van der Waals surface area contributed by atoms with Crippen LogP contribution in [0, 0.1) is 5.82 Å². The number of pyridine rings is 1. The molecule has 1 heterocycles. The van der Waals surface area contributed by atoms with Crippen molar-refractivity contribution >= 4 is 23.2 Å². The van der Waals surface area contributed by atoms with Crippen molar-refractivity contribution in [2.24, 2.45) is 0 Å². The lowest BCUT2D eigenvalue weighted by molar-refractivity contribution is 0.621. The van der Waals surface area contributed by atoms with Crippen molar-refractivity contribution in [3.05, 3.63) is 64.7 Å². The van der Waals surface area contributed by atoms with Gasteiger partial charge in [-0.3, -0.25) is 4.98 Å². The van der Waals surface area contributed by atoms with E-state index in [4.69, 9.17) is 23.2 Å². The number of alkyl halides is 1. The van der Waals surface area contributed by atoms with Gasteiger partial charge in [-0.2, -0.15) is 0 Å². The average Bonchev–Trinajstić information content (AvgIpc) is 2.38. The molecule has 1 nitrogen and oxygen atoms in total. The number of aromatic nitrogens is 1. The Balaban J connectivity index is 2.23. The molecule has 0 amide bonds. The van der Waals surface area contributed by atoms with Crippen LogP contribution < -0.4 is 0 Å². The van der Waals surface area contributed by atoms with Crippen LogP contribution >= 0.6 is 23.2 Å². The van der Waals surface area contributed by atoms with Gasteiger partial charge < -0.3 is 0 Å². The molecular formula is C14H12Cl2FN. The first-order chi connectivity index (χ1) is 8.70. The Kier molecular flexibility index (Phi) is 4.56. The fourth-order valence-electron chi connectivity index (χ4n) is 1.86. The van der Waals surface area contributed by atoms with Gasteiger partial charge in [-0.05, 0) is 35.7 Å². The molecule has 94 valence electrons. The van der Waals surface area contributed by atoms with E-state index in [2.05, 4.69) is 4.98 Å². The van der Waals surface area contributed by atoms with Gasteiger partial charge in [-0.15, -0.1) is 11.6 Å². The first-order valence-corrected chi connectivity index (χ1v) is 6.51. The SMILES string of the molecule is Fc1cccc(C(CCl)Cc2ccncc2Cl)c1. The zero-order chi connectivity index (χ0) is 13.0. The molecule has 4 heteroatoms. The van der Waals surface area contributed by atoms with Crippen LogP contribution in [0.2, 0.25) is 5.02 Å². The Hall–Kier alpha value is -1.12. The lowest BCUT2D eigenvalue weighted by Crippen LogP contribution is -2.05. The van der Waals surface area contributed by atoms with E-state index in [9.17, 15) is 4.39 Å². The second-order valence-corrected chi connectivity index (χ2v) is 4.79. The van der Waals surface area contributed by atoms with Crippen LogP contribution in [0.5, 0.6) is 0 Å². The molecule has 0 aliphatic carbocycles. The van der Waals surface area contributed by atoms with E-state index < -0.39 is 0 Å². The maximum Gasteiger partial charge on any atom is 0.123 e. The molecule has 0 saturated carbocycles. The maximum atomic E-state index is 13.2. The molecule has 1 unspecified atom stereocenters. The first-order valence-electron chi connectivity index (χ1n) is 5.60. The van der Waals surface area contributed by atoms with E-state index in [1.54, 1.807) is 18.5 Å². The van der Waals surface area contributed by atoms with Crippen LogP contribution in [0.4, 0.5) is 4.39 Å². The van der Waals surface area contributed by atoms with Gasteiger partial charge in [0.05, 0.1) is 5.02 Å². The number of nitrogens with zero attached hydrogens (tertiary/aromatic N) is 1. The summed E-state index contributed by atoms with van der Waals surface area (Å²) in [5, 5.41) is 0.615. The van der Waals surface area contributed by atoms with E-state index in [1.807, 2.05) is 12.1 Å². The summed E-state index contributed by atoms with van der Waals surface area (Å²) in [5.41, 5.74) is 1.86. The molecular weight excluding hydrogens is 272 g/mol. The summed E-state index contributed by atoms with van der Waals surface area (Å²) in [6.45, 7) is 0. The number of rotatable bonds is 4. The molecule has 0 fully saturated rings. The minimum Gasteiger partial charge on any atom is -0.263 e. The van der Waals surface area contributed by atoms with E-state index in [1.165, 1.54) is 12.1 Å². The second kappa shape index (κ2) is 6.17. The summed E-state index contributed by atoms with van der Waals surface area (Å²) in [7, 11) is 0. The van der Waals surface area contributed by atoms with Crippen molar-refractivity contribution in [1.82, 2.24) is 4.98 Å². The first kappa shape index (κ1) is 13.3. The van der Waals surface area contributed by atoms with Gasteiger partial charge in [0.15, 0.2) is 0 Å². The third-order valence-electron chi connectivity index (χ3n) is 2.83. The quantitative estimate of drug-likeness (QED) is 0.756. The van der Waals surface area contributed by atoms with Crippen molar-refractivity contribution in [3.8, 4) is 0 Å². The summed E-state index contributed by atoms with van der Waals surface area (Å²) in [6, 6.07) is 8.38. The third kappa shape index (κ3) is 3.21.